The fourth-order valence-corrected chi connectivity index (χ4v) is 1.70. The van der Waals surface area contributed by atoms with Crippen LogP contribution in [0.3, 0.4) is 0 Å². The Morgan fingerprint density at radius 3 is 2.85 bits per heavy atom. The highest BCUT2D eigenvalue weighted by atomic mass is 16.5. The predicted molar refractivity (Wildman–Crippen MR) is 78.1 cm³/mol. The Labute approximate surface area is 119 Å². The molecule has 0 amide bonds. The van der Waals surface area contributed by atoms with Gasteiger partial charge in [-0.2, -0.15) is 4.98 Å². The van der Waals surface area contributed by atoms with Gasteiger partial charge in [0.15, 0.2) is 0 Å². The standard InChI is InChI=1S/C15H19N3O2/c1-11(2)20-14-7-8-16-15(18-14)17-10-12-5-4-6-13(9-12)19-3/h4-9,11H,10H2,1-3H3,(H,16,17,18). The van der Waals surface area contributed by atoms with Crippen molar-refractivity contribution >= 4 is 5.95 Å². The third-order valence-corrected chi connectivity index (χ3v) is 2.57. The largest absolute Gasteiger partial charge is 0.497 e. The number of ether oxygens (including phenoxy) is 2. The Balaban J connectivity index is 1.99. The molecule has 0 atom stereocenters. The summed E-state index contributed by atoms with van der Waals surface area (Å²) in [6.45, 7) is 4.55. The molecule has 0 spiro atoms. The lowest BCUT2D eigenvalue weighted by Crippen LogP contribution is -2.09. The van der Waals surface area contributed by atoms with Crippen LogP contribution in [0.4, 0.5) is 5.95 Å². The number of anilines is 1. The zero-order chi connectivity index (χ0) is 14.4. The van der Waals surface area contributed by atoms with Gasteiger partial charge >= 0.3 is 0 Å². The molecular weight excluding hydrogens is 254 g/mol. The molecule has 2 aromatic rings. The molecule has 1 N–H and O–H groups in total. The van der Waals surface area contributed by atoms with Crippen molar-refractivity contribution < 1.29 is 9.47 Å². The molecule has 0 fully saturated rings. The maximum Gasteiger partial charge on any atom is 0.226 e. The number of hydrogen-bond acceptors (Lipinski definition) is 5. The molecule has 0 aliphatic rings. The molecule has 5 heteroatoms. The molecule has 2 rings (SSSR count). The second-order valence-electron chi connectivity index (χ2n) is 4.59. The van der Waals surface area contributed by atoms with Gasteiger partial charge in [0.1, 0.15) is 5.75 Å². The maximum atomic E-state index is 5.53. The summed E-state index contributed by atoms with van der Waals surface area (Å²) in [5, 5.41) is 3.17. The van der Waals surface area contributed by atoms with Crippen LogP contribution in [-0.2, 0) is 6.54 Å². The first-order valence-corrected chi connectivity index (χ1v) is 6.54. The summed E-state index contributed by atoms with van der Waals surface area (Å²) in [6, 6.07) is 9.61. The molecule has 1 heterocycles. The van der Waals surface area contributed by atoms with Gasteiger partial charge in [-0.25, -0.2) is 4.98 Å². The molecule has 0 radical (unpaired) electrons. The predicted octanol–water partition coefficient (Wildman–Crippen LogP) is 2.88. The Kier molecular flexibility index (Phi) is 4.76. The molecule has 5 nitrogen and oxygen atoms in total. The number of hydrogen-bond donors (Lipinski definition) is 1. The zero-order valence-electron chi connectivity index (χ0n) is 12.0. The monoisotopic (exact) mass is 273 g/mol. The number of benzene rings is 1. The number of methoxy groups -OCH3 is 1. The second-order valence-corrected chi connectivity index (χ2v) is 4.59. The molecule has 0 saturated heterocycles. The molecular formula is C15H19N3O2. The van der Waals surface area contributed by atoms with E-state index in [9.17, 15) is 0 Å². The van der Waals surface area contributed by atoms with Crippen molar-refractivity contribution in [3.8, 4) is 11.6 Å². The van der Waals surface area contributed by atoms with Gasteiger partial charge in [0.05, 0.1) is 13.2 Å². The zero-order valence-corrected chi connectivity index (χ0v) is 12.0. The van der Waals surface area contributed by atoms with Crippen LogP contribution in [0.2, 0.25) is 0 Å². The molecule has 20 heavy (non-hydrogen) atoms. The van der Waals surface area contributed by atoms with Crippen molar-refractivity contribution in [3.63, 3.8) is 0 Å². The third kappa shape index (κ3) is 4.12. The number of aromatic nitrogens is 2. The van der Waals surface area contributed by atoms with Crippen molar-refractivity contribution in [2.45, 2.75) is 26.5 Å². The van der Waals surface area contributed by atoms with Gasteiger partial charge in [-0.1, -0.05) is 12.1 Å². The first kappa shape index (κ1) is 14.1. The van der Waals surface area contributed by atoms with Crippen molar-refractivity contribution in [1.29, 1.82) is 0 Å². The van der Waals surface area contributed by atoms with Gasteiger partial charge in [-0.05, 0) is 31.5 Å². The SMILES string of the molecule is COc1cccc(CNc2nccc(OC(C)C)n2)c1. The Morgan fingerprint density at radius 1 is 1.25 bits per heavy atom. The smallest absolute Gasteiger partial charge is 0.226 e. The third-order valence-electron chi connectivity index (χ3n) is 2.57. The van der Waals surface area contributed by atoms with E-state index in [1.54, 1.807) is 19.4 Å². The van der Waals surface area contributed by atoms with Gasteiger partial charge in [-0.15, -0.1) is 0 Å². The average molecular weight is 273 g/mol. The topological polar surface area (TPSA) is 56.3 Å². The van der Waals surface area contributed by atoms with Gasteiger partial charge in [-0.3, -0.25) is 0 Å². The Morgan fingerprint density at radius 2 is 2.10 bits per heavy atom. The minimum absolute atomic E-state index is 0.0936. The lowest BCUT2D eigenvalue weighted by Gasteiger charge is -2.10. The van der Waals surface area contributed by atoms with Gasteiger partial charge in [0, 0.05) is 18.8 Å². The van der Waals surface area contributed by atoms with Crippen LogP contribution in [0.15, 0.2) is 36.5 Å². The Hall–Kier alpha value is -2.30. The second kappa shape index (κ2) is 6.75. The average Bonchev–Trinajstić information content (AvgIpc) is 2.45. The molecule has 0 bridgehead atoms. The van der Waals surface area contributed by atoms with Crippen molar-refractivity contribution in [2.24, 2.45) is 0 Å². The van der Waals surface area contributed by atoms with E-state index in [0.29, 0.717) is 18.4 Å². The summed E-state index contributed by atoms with van der Waals surface area (Å²) in [7, 11) is 1.66. The fraction of sp³-hybridized carbons (Fsp3) is 0.333. The molecule has 0 saturated carbocycles. The van der Waals surface area contributed by atoms with Crippen LogP contribution in [-0.4, -0.2) is 23.2 Å². The Bertz CT molecular complexity index is 558. The van der Waals surface area contributed by atoms with E-state index < -0.39 is 0 Å². The summed E-state index contributed by atoms with van der Waals surface area (Å²) in [6.07, 6.45) is 1.77. The van der Waals surface area contributed by atoms with Crippen LogP contribution in [0.25, 0.3) is 0 Å². The molecule has 106 valence electrons. The van der Waals surface area contributed by atoms with E-state index in [0.717, 1.165) is 11.3 Å². The first-order chi connectivity index (χ1) is 9.67. The summed E-state index contributed by atoms with van der Waals surface area (Å²) >= 11 is 0. The van der Waals surface area contributed by atoms with E-state index in [1.807, 2.05) is 38.1 Å². The molecule has 1 aromatic carbocycles. The summed E-state index contributed by atoms with van der Waals surface area (Å²) in [5.41, 5.74) is 1.10. The lowest BCUT2D eigenvalue weighted by molar-refractivity contribution is 0.232. The highest BCUT2D eigenvalue weighted by Crippen LogP contribution is 2.14. The van der Waals surface area contributed by atoms with Gasteiger partial charge in [0.2, 0.25) is 11.8 Å². The highest BCUT2D eigenvalue weighted by molar-refractivity contribution is 5.33. The van der Waals surface area contributed by atoms with Crippen LogP contribution < -0.4 is 14.8 Å². The van der Waals surface area contributed by atoms with Crippen molar-refractivity contribution in [1.82, 2.24) is 9.97 Å². The normalized spacial score (nSPS) is 10.4. The van der Waals surface area contributed by atoms with Crippen molar-refractivity contribution in [2.75, 3.05) is 12.4 Å². The maximum absolute atomic E-state index is 5.53. The minimum Gasteiger partial charge on any atom is -0.497 e. The van der Waals surface area contributed by atoms with Crippen LogP contribution >= 0.6 is 0 Å². The number of nitrogens with zero attached hydrogens (tertiary/aromatic N) is 2. The molecule has 0 aliphatic heterocycles. The van der Waals surface area contributed by atoms with E-state index >= 15 is 0 Å². The minimum atomic E-state index is 0.0936. The summed E-state index contributed by atoms with van der Waals surface area (Å²) < 4.78 is 10.7. The van der Waals surface area contributed by atoms with Gasteiger partial charge < -0.3 is 14.8 Å². The fourth-order valence-electron chi connectivity index (χ4n) is 1.70. The summed E-state index contributed by atoms with van der Waals surface area (Å²) in [5.74, 6) is 1.95. The van der Waals surface area contributed by atoms with Crippen LogP contribution in [0, 0.1) is 0 Å². The molecule has 0 unspecified atom stereocenters. The number of nitrogens with one attached hydrogen (secondary N) is 1. The quantitative estimate of drug-likeness (QED) is 0.877. The van der Waals surface area contributed by atoms with Crippen molar-refractivity contribution in [3.05, 3.63) is 42.1 Å². The van der Waals surface area contributed by atoms with E-state index in [2.05, 4.69) is 15.3 Å². The first-order valence-electron chi connectivity index (χ1n) is 6.54. The van der Waals surface area contributed by atoms with Crippen LogP contribution in [0.5, 0.6) is 11.6 Å². The van der Waals surface area contributed by atoms with E-state index in [-0.39, 0.29) is 6.10 Å². The molecule has 1 aromatic heterocycles. The lowest BCUT2D eigenvalue weighted by atomic mass is 10.2. The molecule has 0 aliphatic carbocycles. The van der Waals surface area contributed by atoms with Gasteiger partial charge in [0.25, 0.3) is 0 Å². The summed E-state index contributed by atoms with van der Waals surface area (Å²) in [4.78, 5) is 8.47. The van der Waals surface area contributed by atoms with Crippen LogP contribution in [0.1, 0.15) is 19.4 Å². The van der Waals surface area contributed by atoms with E-state index in [4.69, 9.17) is 9.47 Å². The highest BCUT2D eigenvalue weighted by Gasteiger charge is 2.02. The van der Waals surface area contributed by atoms with E-state index in [1.165, 1.54) is 0 Å². The number of rotatable bonds is 6.